The Hall–Kier alpha value is -1.51. The van der Waals surface area contributed by atoms with E-state index in [0.29, 0.717) is 22.3 Å². The number of benzene rings is 1. The molecular formula is C19H21Cl2N3O. The van der Waals surface area contributed by atoms with E-state index in [-0.39, 0.29) is 5.60 Å². The van der Waals surface area contributed by atoms with Gasteiger partial charge in [0.25, 0.3) is 0 Å². The van der Waals surface area contributed by atoms with Crippen LogP contribution in [0.25, 0.3) is 11.1 Å². The minimum atomic E-state index is -0.0843. The first kappa shape index (κ1) is 18.3. The number of ether oxygens (including phenoxy) is 1. The van der Waals surface area contributed by atoms with E-state index in [1.165, 1.54) is 0 Å². The number of nitriles is 1. The molecule has 1 unspecified atom stereocenters. The van der Waals surface area contributed by atoms with E-state index in [2.05, 4.69) is 24.9 Å². The van der Waals surface area contributed by atoms with Crippen LogP contribution in [0, 0.1) is 11.3 Å². The largest absolute Gasteiger partial charge is 0.374 e. The van der Waals surface area contributed by atoms with Gasteiger partial charge >= 0.3 is 0 Å². The van der Waals surface area contributed by atoms with Gasteiger partial charge in [-0.05, 0) is 32.9 Å². The van der Waals surface area contributed by atoms with E-state index in [1.54, 1.807) is 6.07 Å². The molecule has 3 rings (SSSR count). The van der Waals surface area contributed by atoms with Gasteiger partial charge in [0, 0.05) is 36.7 Å². The Morgan fingerprint density at radius 3 is 2.80 bits per heavy atom. The highest BCUT2D eigenvalue weighted by molar-refractivity contribution is 6.43. The highest BCUT2D eigenvalue weighted by Crippen LogP contribution is 2.35. The van der Waals surface area contributed by atoms with Gasteiger partial charge in [-0.25, -0.2) is 0 Å². The fraction of sp³-hybridized carbons (Fsp3) is 0.421. The number of likely N-dealkylation sites (N-methyl/N-ethyl adjacent to an activating group) is 1. The summed E-state index contributed by atoms with van der Waals surface area (Å²) >= 11 is 12.4. The molecule has 0 saturated carbocycles. The van der Waals surface area contributed by atoms with Crippen LogP contribution in [0.2, 0.25) is 10.0 Å². The molecule has 25 heavy (non-hydrogen) atoms. The summed E-state index contributed by atoms with van der Waals surface area (Å²) in [5.74, 6) is 0. The molecule has 1 aromatic carbocycles. The summed E-state index contributed by atoms with van der Waals surface area (Å²) in [7, 11) is 2.06. The average Bonchev–Trinajstić information content (AvgIpc) is 3.16. The molecule has 0 radical (unpaired) electrons. The number of hydrogen-bond acceptors (Lipinski definition) is 3. The minimum Gasteiger partial charge on any atom is -0.374 e. The SMILES string of the molecule is CN(Cn1cc(C#N)c(-c2cccc(Cl)c2Cl)c1)CC1(C)CCCO1. The van der Waals surface area contributed by atoms with E-state index in [9.17, 15) is 5.26 Å². The van der Waals surface area contributed by atoms with Crippen LogP contribution in [0.5, 0.6) is 0 Å². The lowest BCUT2D eigenvalue weighted by atomic mass is 10.0. The van der Waals surface area contributed by atoms with Crippen molar-refractivity contribution in [3.8, 4) is 17.2 Å². The molecule has 132 valence electrons. The summed E-state index contributed by atoms with van der Waals surface area (Å²) in [5, 5.41) is 10.4. The summed E-state index contributed by atoms with van der Waals surface area (Å²) in [6.45, 7) is 4.51. The van der Waals surface area contributed by atoms with Crippen molar-refractivity contribution < 1.29 is 4.74 Å². The lowest BCUT2D eigenvalue weighted by molar-refractivity contribution is -0.00914. The molecule has 2 heterocycles. The Morgan fingerprint density at radius 2 is 2.12 bits per heavy atom. The first-order valence-corrected chi connectivity index (χ1v) is 9.04. The maximum atomic E-state index is 9.49. The van der Waals surface area contributed by atoms with Crippen molar-refractivity contribution in [2.24, 2.45) is 0 Å². The van der Waals surface area contributed by atoms with E-state index in [1.807, 2.05) is 29.1 Å². The second kappa shape index (κ2) is 7.39. The second-order valence-corrected chi connectivity index (χ2v) is 7.66. The van der Waals surface area contributed by atoms with Crippen molar-refractivity contribution in [3.63, 3.8) is 0 Å². The van der Waals surface area contributed by atoms with Crippen molar-refractivity contribution in [3.05, 3.63) is 46.2 Å². The molecule has 0 aliphatic carbocycles. The smallest absolute Gasteiger partial charge is 0.101 e. The zero-order valence-electron chi connectivity index (χ0n) is 14.4. The molecule has 1 fully saturated rings. The first-order valence-electron chi connectivity index (χ1n) is 8.29. The van der Waals surface area contributed by atoms with Gasteiger partial charge in [0.1, 0.15) is 6.07 Å². The fourth-order valence-corrected chi connectivity index (χ4v) is 3.87. The monoisotopic (exact) mass is 377 g/mol. The number of hydrogen-bond donors (Lipinski definition) is 0. The van der Waals surface area contributed by atoms with Crippen LogP contribution < -0.4 is 0 Å². The molecule has 0 bridgehead atoms. The molecule has 2 aromatic rings. The van der Waals surface area contributed by atoms with Crippen molar-refractivity contribution in [1.82, 2.24) is 9.47 Å². The predicted octanol–water partition coefficient (Wildman–Crippen LogP) is 4.79. The topological polar surface area (TPSA) is 41.2 Å². The number of aromatic nitrogens is 1. The van der Waals surface area contributed by atoms with Crippen LogP contribution in [-0.2, 0) is 11.4 Å². The Bertz CT molecular complexity index is 803. The molecule has 4 nitrogen and oxygen atoms in total. The van der Waals surface area contributed by atoms with Gasteiger partial charge in [-0.3, -0.25) is 4.90 Å². The van der Waals surface area contributed by atoms with Crippen molar-refractivity contribution in [2.75, 3.05) is 20.2 Å². The van der Waals surface area contributed by atoms with Gasteiger partial charge in [0.05, 0.1) is 27.9 Å². The van der Waals surface area contributed by atoms with Gasteiger partial charge in [0.2, 0.25) is 0 Å². The van der Waals surface area contributed by atoms with Crippen LogP contribution in [0.15, 0.2) is 30.6 Å². The lowest BCUT2D eigenvalue weighted by Crippen LogP contribution is -2.39. The molecule has 6 heteroatoms. The highest BCUT2D eigenvalue weighted by Gasteiger charge is 2.31. The van der Waals surface area contributed by atoms with Crippen LogP contribution >= 0.6 is 23.2 Å². The quantitative estimate of drug-likeness (QED) is 0.751. The fourth-order valence-electron chi connectivity index (χ4n) is 3.47. The Kier molecular flexibility index (Phi) is 5.41. The van der Waals surface area contributed by atoms with E-state index >= 15 is 0 Å². The third kappa shape index (κ3) is 4.02. The Labute approximate surface area is 158 Å². The molecule has 0 N–H and O–H groups in total. The average molecular weight is 378 g/mol. The summed E-state index contributed by atoms with van der Waals surface area (Å²) in [4.78, 5) is 2.20. The van der Waals surface area contributed by atoms with E-state index < -0.39 is 0 Å². The standard InChI is InChI=1S/C19H21Cl2N3O/c1-19(7-4-8-25-19)12-23(2)13-24-10-14(9-22)16(11-24)15-5-3-6-17(20)18(15)21/h3,5-6,10-11H,4,7-8,12-13H2,1-2H3. The first-order chi connectivity index (χ1) is 11.9. The van der Waals surface area contributed by atoms with E-state index in [4.69, 9.17) is 27.9 Å². The number of halogens is 2. The minimum absolute atomic E-state index is 0.0843. The van der Waals surface area contributed by atoms with Crippen molar-refractivity contribution in [1.29, 1.82) is 5.26 Å². The van der Waals surface area contributed by atoms with Gasteiger partial charge in [-0.15, -0.1) is 0 Å². The van der Waals surface area contributed by atoms with Gasteiger partial charge in [0.15, 0.2) is 0 Å². The van der Waals surface area contributed by atoms with Crippen LogP contribution in [-0.4, -0.2) is 35.3 Å². The van der Waals surface area contributed by atoms with Gasteiger partial charge in [-0.1, -0.05) is 35.3 Å². The molecule has 1 aliphatic rings. The molecule has 0 amide bonds. The van der Waals surface area contributed by atoms with Crippen LogP contribution in [0.4, 0.5) is 0 Å². The van der Waals surface area contributed by atoms with Gasteiger partial charge in [-0.2, -0.15) is 5.26 Å². The zero-order chi connectivity index (χ0) is 18.0. The summed E-state index contributed by atoms with van der Waals surface area (Å²) in [6, 6.07) is 7.71. The molecule has 1 saturated heterocycles. The second-order valence-electron chi connectivity index (χ2n) is 6.87. The van der Waals surface area contributed by atoms with Crippen LogP contribution in [0.3, 0.4) is 0 Å². The van der Waals surface area contributed by atoms with Crippen LogP contribution in [0.1, 0.15) is 25.3 Å². The molecular weight excluding hydrogens is 357 g/mol. The lowest BCUT2D eigenvalue weighted by Gasteiger charge is -2.29. The van der Waals surface area contributed by atoms with Gasteiger partial charge < -0.3 is 9.30 Å². The summed E-state index contributed by atoms with van der Waals surface area (Å²) in [5.41, 5.74) is 2.07. The molecule has 1 atom stereocenters. The maximum absolute atomic E-state index is 9.49. The Morgan fingerprint density at radius 1 is 1.32 bits per heavy atom. The van der Waals surface area contributed by atoms with Crippen molar-refractivity contribution >= 4 is 23.2 Å². The normalized spacial score (nSPS) is 20.2. The third-order valence-corrected chi connectivity index (χ3v) is 5.37. The summed E-state index contributed by atoms with van der Waals surface area (Å²) in [6.07, 6.45) is 5.99. The zero-order valence-corrected chi connectivity index (χ0v) is 15.9. The highest BCUT2D eigenvalue weighted by atomic mass is 35.5. The maximum Gasteiger partial charge on any atom is 0.101 e. The van der Waals surface area contributed by atoms with Crippen molar-refractivity contribution in [2.45, 2.75) is 32.0 Å². The van der Waals surface area contributed by atoms with E-state index in [0.717, 1.165) is 37.1 Å². The number of rotatable bonds is 5. The predicted molar refractivity (Wildman–Crippen MR) is 101 cm³/mol. The third-order valence-electron chi connectivity index (χ3n) is 4.55. The number of nitrogens with zero attached hydrogens (tertiary/aromatic N) is 3. The molecule has 0 spiro atoms. The molecule has 1 aromatic heterocycles. The summed E-state index contributed by atoms with van der Waals surface area (Å²) < 4.78 is 7.87. The Balaban J connectivity index is 1.81. The molecule has 1 aliphatic heterocycles.